The van der Waals surface area contributed by atoms with Crippen LogP contribution >= 0.6 is 27.7 Å². The van der Waals surface area contributed by atoms with E-state index < -0.39 is 0 Å². The zero-order chi connectivity index (χ0) is 19.1. The SMILES string of the molecule is COc1ccc(-c2n[nH]c(CNC(=O)CCSc3ccccc3Br)n2)cc1. The number of aromatic amines is 1. The molecule has 2 aromatic carbocycles. The smallest absolute Gasteiger partial charge is 0.221 e. The molecule has 27 heavy (non-hydrogen) atoms. The molecule has 1 heterocycles. The predicted octanol–water partition coefficient (Wildman–Crippen LogP) is 4.04. The number of ether oxygens (including phenoxy) is 1. The monoisotopic (exact) mass is 446 g/mol. The number of carbonyl (C=O) groups is 1. The summed E-state index contributed by atoms with van der Waals surface area (Å²) in [4.78, 5) is 17.6. The first-order valence-corrected chi connectivity index (χ1v) is 10.1. The summed E-state index contributed by atoms with van der Waals surface area (Å²) in [6.45, 7) is 0.321. The Bertz CT molecular complexity index is 899. The molecule has 6 nitrogen and oxygen atoms in total. The number of aromatic nitrogens is 3. The summed E-state index contributed by atoms with van der Waals surface area (Å²) >= 11 is 5.15. The van der Waals surface area contributed by atoms with Crippen LogP contribution in [0.25, 0.3) is 11.4 Å². The van der Waals surface area contributed by atoms with Gasteiger partial charge < -0.3 is 10.1 Å². The second-order valence-electron chi connectivity index (χ2n) is 5.64. The Balaban J connectivity index is 1.45. The number of methoxy groups -OCH3 is 1. The molecule has 2 N–H and O–H groups in total. The summed E-state index contributed by atoms with van der Waals surface area (Å²) in [5, 5.41) is 9.92. The van der Waals surface area contributed by atoms with E-state index in [0.29, 0.717) is 30.4 Å². The number of amides is 1. The summed E-state index contributed by atoms with van der Waals surface area (Å²) in [6, 6.07) is 15.5. The molecule has 8 heteroatoms. The molecule has 3 aromatic rings. The normalized spacial score (nSPS) is 10.6. The number of H-pyrrole nitrogens is 1. The van der Waals surface area contributed by atoms with Crippen LogP contribution in [0.5, 0.6) is 5.75 Å². The predicted molar refractivity (Wildman–Crippen MR) is 110 cm³/mol. The van der Waals surface area contributed by atoms with Gasteiger partial charge in [-0.25, -0.2) is 4.98 Å². The van der Waals surface area contributed by atoms with Gasteiger partial charge in [-0.3, -0.25) is 9.89 Å². The highest BCUT2D eigenvalue weighted by Gasteiger charge is 2.08. The van der Waals surface area contributed by atoms with Crippen molar-refractivity contribution in [1.82, 2.24) is 20.5 Å². The number of nitrogens with zero attached hydrogens (tertiary/aromatic N) is 2. The van der Waals surface area contributed by atoms with E-state index in [2.05, 4.69) is 36.4 Å². The van der Waals surface area contributed by atoms with E-state index in [4.69, 9.17) is 4.74 Å². The second-order valence-corrected chi connectivity index (χ2v) is 7.63. The van der Waals surface area contributed by atoms with Crippen LogP contribution in [-0.2, 0) is 11.3 Å². The second kappa shape index (κ2) is 9.57. The van der Waals surface area contributed by atoms with E-state index in [1.165, 1.54) is 0 Å². The van der Waals surface area contributed by atoms with Crippen LogP contribution in [0, 0.1) is 0 Å². The zero-order valence-corrected chi connectivity index (χ0v) is 17.1. The Kier molecular flexibility index (Phi) is 6.89. The average Bonchev–Trinajstić information content (AvgIpc) is 3.17. The minimum atomic E-state index is -0.0167. The number of benzene rings is 2. The molecular weight excluding hydrogens is 428 g/mol. The first-order chi connectivity index (χ1) is 13.2. The Morgan fingerprint density at radius 2 is 2.00 bits per heavy atom. The lowest BCUT2D eigenvalue weighted by molar-refractivity contribution is -0.120. The number of hydrogen-bond acceptors (Lipinski definition) is 5. The van der Waals surface area contributed by atoms with Gasteiger partial charge in [-0.1, -0.05) is 12.1 Å². The first-order valence-electron chi connectivity index (χ1n) is 8.35. The van der Waals surface area contributed by atoms with E-state index in [9.17, 15) is 4.79 Å². The topological polar surface area (TPSA) is 79.9 Å². The summed E-state index contributed by atoms with van der Waals surface area (Å²) in [5.41, 5.74) is 0.884. The maximum absolute atomic E-state index is 12.0. The molecule has 0 aliphatic rings. The molecule has 3 rings (SSSR count). The number of halogens is 1. The lowest BCUT2D eigenvalue weighted by Crippen LogP contribution is -2.23. The molecule has 0 spiro atoms. The highest BCUT2D eigenvalue weighted by molar-refractivity contribution is 9.10. The summed E-state index contributed by atoms with van der Waals surface area (Å²) in [5.74, 6) is 2.68. The lowest BCUT2D eigenvalue weighted by atomic mass is 10.2. The van der Waals surface area contributed by atoms with Crippen LogP contribution in [-0.4, -0.2) is 34.0 Å². The molecular formula is C19H19BrN4O2S. The molecule has 0 unspecified atom stereocenters. The molecule has 0 fully saturated rings. The fourth-order valence-corrected chi connectivity index (χ4v) is 3.85. The van der Waals surface area contributed by atoms with Crippen molar-refractivity contribution in [3.63, 3.8) is 0 Å². The van der Waals surface area contributed by atoms with Crippen LogP contribution in [0.4, 0.5) is 0 Å². The molecule has 0 atom stereocenters. The van der Waals surface area contributed by atoms with Gasteiger partial charge in [-0.05, 0) is 52.3 Å². The zero-order valence-electron chi connectivity index (χ0n) is 14.7. The number of hydrogen-bond donors (Lipinski definition) is 2. The van der Waals surface area contributed by atoms with E-state index >= 15 is 0 Å². The van der Waals surface area contributed by atoms with Gasteiger partial charge in [-0.2, -0.15) is 5.10 Å². The van der Waals surface area contributed by atoms with Gasteiger partial charge in [0.2, 0.25) is 5.91 Å². The Hall–Kier alpha value is -2.32. The van der Waals surface area contributed by atoms with E-state index in [-0.39, 0.29) is 5.91 Å². The van der Waals surface area contributed by atoms with Crippen LogP contribution in [0.3, 0.4) is 0 Å². The van der Waals surface area contributed by atoms with Crippen molar-refractivity contribution >= 4 is 33.6 Å². The van der Waals surface area contributed by atoms with Crippen molar-refractivity contribution in [3.8, 4) is 17.1 Å². The number of nitrogens with one attached hydrogen (secondary N) is 2. The maximum atomic E-state index is 12.0. The fourth-order valence-electron chi connectivity index (χ4n) is 2.33. The number of rotatable bonds is 8. The van der Waals surface area contributed by atoms with Gasteiger partial charge in [0.05, 0.1) is 13.7 Å². The van der Waals surface area contributed by atoms with Crippen LogP contribution in [0.1, 0.15) is 12.2 Å². The van der Waals surface area contributed by atoms with Gasteiger partial charge in [0.15, 0.2) is 5.82 Å². The van der Waals surface area contributed by atoms with Crippen molar-refractivity contribution in [2.75, 3.05) is 12.9 Å². The molecule has 0 aliphatic carbocycles. The lowest BCUT2D eigenvalue weighted by Gasteiger charge is -2.05. The average molecular weight is 447 g/mol. The quantitative estimate of drug-likeness (QED) is 0.510. The van der Waals surface area contributed by atoms with Crippen LogP contribution in [0.2, 0.25) is 0 Å². The van der Waals surface area contributed by atoms with Gasteiger partial charge in [0, 0.05) is 27.1 Å². The van der Waals surface area contributed by atoms with Gasteiger partial charge in [0.1, 0.15) is 11.6 Å². The summed E-state index contributed by atoms with van der Waals surface area (Å²) < 4.78 is 6.19. The Morgan fingerprint density at radius 3 is 2.74 bits per heavy atom. The van der Waals surface area contributed by atoms with Crippen LogP contribution < -0.4 is 10.1 Å². The number of carbonyl (C=O) groups excluding carboxylic acids is 1. The van der Waals surface area contributed by atoms with E-state index in [1.54, 1.807) is 18.9 Å². The van der Waals surface area contributed by atoms with Gasteiger partial charge in [-0.15, -0.1) is 11.8 Å². The van der Waals surface area contributed by atoms with E-state index in [0.717, 1.165) is 20.7 Å². The largest absolute Gasteiger partial charge is 0.497 e. The van der Waals surface area contributed by atoms with Crippen molar-refractivity contribution in [3.05, 3.63) is 58.8 Å². The van der Waals surface area contributed by atoms with Gasteiger partial charge in [0.25, 0.3) is 0 Å². The highest BCUT2D eigenvalue weighted by Crippen LogP contribution is 2.27. The van der Waals surface area contributed by atoms with Crippen LogP contribution in [0.15, 0.2) is 57.9 Å². The fraction of sp³-hybridized carbons (Fsp3) is 0.211. The maximum Gasteiger partial charge on any atom is 0.221 e. The van der Waals surface area contributed by atoms with E-state index in [1.807, 2.05) is 48.5 Å². The van der Waals surface area contributed by atoms with Crippen molar-refractivity contribution in [2.45, 2.75) is 17.9 Å². The molecule has 0 aliphatic heterocycles. The third-order valence-corrected chi connectivity index (χ3v) is 5.79. The molecule has 0 saturated carbocycles. The minimum Gasteiger partial charge on any atom is -0.497 e. The Morgan fingerprint density at radius 1 is 1.22 bits per heavy atom. The molecule has 0 radical (unpaired) electrons. The minimum absolute atomic E-state index is 0.0167. The molecule has 0 saturated heterocycles. The molecule has 1 aromatic heterocycles. The molecule has 1 amide bonds. The molecule has 0 bridgehead atoms. The van der Waals surface area contributed by atoms with Gasteiger partial charge >= 0.3 is 0 Å². The summed E-state index contributed by atoms with van der Waals surface area (Å²) in [6.07, 6.45) is 0.436. The third-order valence-electron chi connectivity index (χ3n) is 3.76. The number of thioether (sulfide) groups is 1. The highest BCUT2D eigenvalue weighted by atomic mass is 79.9. The summed E-state index contributed by atoms with van der Waals surface area (Å²) in [7, 11) is 1.62. The van der Waals surface area contributed by atoms with Crippen molar-refractivity contribution < 1.29 is 9.53 Å². The van der Waals surface area contributed by atoms with Crippen molar-refractivity contribution in [2.24, 2.45) is 0 Å². The van der Waals surface area contributed by atoms with Crippen molar-refractivity contribution in [1.29, 1.82) is 0 Å². The molecule has 140 valence electrons. The Labute approximate surface area is 170 Å². The standard InChI is InChI=1S/C19H19BrN4O2S/c1-26-14-8-6-13(7-9-14)19-22-17(23-24-19)12-21-18(25)10-11-27-16-5-3-2-4-15(16)20/h2-9H,10-12H2,1H3,(H,21,25)(H,22,23,24). The first kappa shape index (κ1) is 19.4. The third kappa shape index (κ3) is 5.58.